The van der Waals surface area contributed by atoms with E-state index in [-0.39, 0.29) is 0 Å². The number of carboxylic acid groups (broad SMARTS) is 1. The lowest BCUT2D eigenvalue weighted by Gasteiger charge is -2.16. The molecule has 0 bridgehead atoms. The highest BCUT2D eigenvalue weighted by molar-refractivity contribution is 5.71. The van der Waals surface area contributed by atoms with E-state index in [0.29, 0.717) is 18.9 Å². The fraction of sp³-hybridized carbons (Fsp3) is 0.286. The van der Waals surface area contributed by atoms with E-state index in [1.165, 1.54) is 0 Å². The molecule has 0 aliphatic carbocycles. The molecule has 0 radical (unpaired) electrons. The summed E-state index contributed by atoms with van der Waals surface area (Å²) in [6.45, 7) is 0.462. The van der Waals surface area contributed by atoms with Crippen LogP contribution < -0.4 is 0 Å². The fourth-order valence-electron chi connectivity index (χ4n) is 2.43. The summed E-state index contributed by atoms with van der Waals surface area (Å²) in [5.41, 5.74) is 0.953. The van der Waals surface area contributed by atoms with Gasteiger partial charge in [0.1, 0.15) is 11.9 Å². The first-order valence-electron chi connectivity index (χ1n) is 6.20. The number of ether oxygens (including phenoxy) is 1. The number of hydrogen-bond donors (Lipinski definition) is 1. The predicted molar refractivity (Wildman–Crippen MR) is 68.0 cm³/mol. The number of imidazole rings is 1. The van der Waals surface area contributed by atoms with Crippen molar-refractivity contribution in [3.8, 4) is 5.69 Å². The van der Waals surface area contributed by atoms with Crippen LogP contribution in [0.3, 0.4) is 0 Å². The van der Waals surface area contributed by atoms with Crippen molar-refractivity contribution in [1.82, 2.24) is 9.55 Å². The standard InChI is InChI=1S/C14H14N2O3/c17-14(18)11-6-9-19-12(11)13-15-7-8-16(13)10-4-2-1-3-5-10/h1-5,7-8,11-12H,6,9H2,(H,17,18)/t11-,12-/m1/s1. The number of para-hydroxylation sites is 1. The summed E-state index contributed by atoms with van der Waals surface area (Å²) in [7, 11) is 0. The molecule has 1 aromatic heterocycles. The van der Waals surface area contributed by atoms with Crippen LogP contribution in [0.5, 0.6) is 0 Å². The SMILES string of the molecule is O=C(O)[C@@H]1CCO[C@H]1c1nccn1-c1ccccc1. The molecule has 0 amide bonds. The Morgan fingerprint density at radius 1 is 1.37 bits per heavy atom. The molecule has 3 rings (SSSR count). The molecule has 2 atom stereocenters. The highest BCUT2D eigenvalue weighted by atomic mass is 16.5. The Hall–Kier alpha value is -2.14. The molecule has 2 heterocycles. The highest BCUT2D eigenvalue weighted by Crippen LogP contribution is 2.34. The van der Waals surface area contributed by atoms with Crippen LogP contribution in [0.1, 0.15) is 18.3 Å². The Bertz CT molecular complexity index is 579. The zero-order valence-electron chi connectivity index (χ0n) is 10.3. The number of rotatable bonds is 3. The summed E-state index contributed by atoms with van der Waals surface area (Å²) in [4.78, 5) is 15.5. The maximum Gasteiger partial charge on any atom is 0.309 e. The van der Waals surface area contributed by atoms with Crippen LogP contribution in [0.4, 0.5) is 0 Å². The maximum atomic E-state index is 11.2. The molecule has 5 heteroatoms. The summed E-state index contributed by atoms with van der Waals surface area (Å²) in [6, 6.07) is 9.71. The van der Waals surface area contributed by atoms with Gasteiger partial charge in [-0.1, -0.05) is 18.2 Å². The average Bonchev–Trinajstić information content (AvgIpc) is 3.08. The van der Waals surface area contributed by atoms with E-state index >= 15 is 0 Å². The summed E-state index contributed by atoms with van der Waals surface area (Å²) < 4.78 is 7.45. The van der Waals surface area contributed by atoms with E-state index in [2.05, 4.69) is 4.98 Å². The number of aromatic nitrogens is 2. The van der Waals surface area contributed by atoms with Crippen molar-refractivity contribution >= 4 is 5.97 Å². The number of carboxylic acids is 1. The summed E-state index contributed by atoms with van der Waals surface area (Å²) in [6.07, 6.45) is 3.54. The molecule has 1 N–H and O–H groups in total. The molecule has 1 aliphatic rings. The minimum absolute atomic E-state index is 0.462. The molecule has 1 saturated heterocycles. The molecular formula is C14H14N2O3. The monoisotopic (exact) mass is 258 g/mol. The topological polar surface area (TPSA) is 64.3 Å². The second-order valence-electron chi connectivity index (χ2n) is 4.52. The van der Waals surface area contributed by atoms with E-state index in [4.69, 9.17) is 4.74 Å². The van der Waals surface area contributed by atoms with Crippen LogP contribution >= 0.6 is 0 Å². The molecule has 0 saturated carbocycles. The van der Waals surface area contributed by atoms with Crippen LogP contribution in [0.15, 0.2) is 42.7 Å². The minimum Gasteiger partial charge on any atom is -0.481 e. The zero-order valence-corrected chi connectivity index (χ0v) is 10.3. The van der Waals surface area contributed by atoms with Crippen molar-refractivity contribution in [2.24, 2.45) is 5.92 Å². The zero-order chi connectivity index (χ0) is 13.2. The Morgan fingerprint density at radius 3 is 2.89 bits per heavy atom. The average molecular weight is 258 g/mol. The molecule has 2 aromatic rings. The second-order valence-corrected chi connectivity index (χ2v) is 4.52. The molecule has 0 unspecified atom stereocenters. The molecule has 1 fully saturated rings. The smallest absolute Gasteiger partial charge is 0.309 e. The van der Waals surface area contributed by atoms with Gasteiger partial charge in [-0.25, -0.2) is 4.98 Å². The summed E-state index contributed by atoms with van der Waals surface area (Å²) in [5, 5.41) is 9.23. The van der Waals surface area contributed by atoms with Gasteiger partial charge in [0.2, 0.25) is 0 Å². The predicted octanol–water partition coefficient (Wildman–Crippen LogP) is 2.03. The molecule has 1 aromatic carbocycles. The van der Waals surface area contributed by atoms with Gasteiger partial charge in [0, 0.05) is 24.7 Å². The molecule has 19 heavy (non-hydrogen) atoms. The molecule has 98 valence electrons. The van der Waals surface area contributed by atoms with Gasteiger partial charge < -0.3 is 14.4 Å². The Labute approximate surface area is 110 Å². The second kappa shape index (κ2) is 4.85. The van der Waals surface area contributed by atoms with Crippen molar-refractivity contribution in [3.63, 3.8) is 0 Å². The number of carbonyl (C=O) groups is 1. The lowest BCUT2D eigenvalue weighted by Crippen LogP contribution is -2.20. The van der Waals surface area contributed by atoms with Gasteiger partial charge in [-0.2, -0.15) is 0 Å². The van der Waals surface area contributed by atoms with Crippen molar-refractivity contribution in [3.05, 3.63) is 48.5 Å². The largest absolute Gasteiger partial charge is 0.481 e. The highest BCUT2D eigenvalue weighted by Gasteiger charge is 2.37. The minimum atomic E-state index is -0.829. The lowest BCUT2D eigenvalue weighted by molar-refractivity contribution is -0.143. The van der Waals surface area contributed by atoms with E-state index in [9.17, 15) is 9.90 Å². The van der Waals surface area contributed by atoms with Crippen molar-refractivity contribution < 1.29 is 14.6 Å². The van der Waals surface area contributed by atoms with Gasteiger partial charge in [-0.05, 0) is 18.6 Å². The van der Waals surface area contributed by atoms with Crippen LogP contribution in [0, 0.1) is 5.92 Å². The molecular weight excluding hydrogens is 244 g/mol. The van der Waals surface area contributed by atoms with Gasteiger partial charge >= 0.3 is 5.97 Å². The Balaban J connectivity index is 1.99. The van der Waals surface area contributed by atoms with Crippen molar-refractivity contribution in [2.45, 2.75) is 12.5 Å². The summed E-state index contributed by atoms with van der Waals surface area (Å²) in [5.74, 6) is -0.703. The quantitative estimate of drug-likeness (QED) is 0.915. The molecule has 1 aliphatic heterocycles. The first-order valence-corrected chi connectivity index (χ1v) is 6.20. The maximum absolute atomic E-state index is 11.2. The Morgan fingerprint density at radius 2 is 2.16 bits per heavy atom. The van der Waals surface area contributed by atoms with Gasteiger partial charge in [0.15, 0.2) is 0 Å². The normalized spacial score (nSPS) is 22.5. The van der Waals surface area contributed by atoms with Gasteiger partial charge in [0.05, 0.1) is 5.92 Å². The first-order chi connectivity index (χ1) is 9.27. The number of hydrogen-bond acceptors (Lipinski definition) is 3. The lowest BCUT2D eigenvalue weighted by atomic mass is 10.0. The third-order valence-electron chi connectivity index (χ3n) is 3.37. The van der Waals surface area contributed by atoms with E-state index in [1.807, 2.05) is 41.1 Å². The van der Waals surface area contributed by atoms with Crippen LogP contribution in [0.25, 0.3) is 5.69 Å². The number of nitrogens with zero attached hydrogens (tertiary/aromatic N) is 2. The third kappa shape index (κ3) is 2.13. The molecule has 0 spiro atoms. The van der Waals surface area contributed by atoms with Crippen LogP contribution in [0.2, 0.25) is 0 Å². The molecule has 5 nitrogen and oxygen atoms in total. The van der Waals surface area contributed by atoms with Gasteiger partial charge in [-0.15, -0.1) is 0 Å². The number of benzene rings is 1. The van der Waals surface area contributed by atoms with Crippen molar-refractivity contribution in [1.29, 1.82) is 0 Å². The van der Waals surface area contributed by atoms with Crippen LogP contribution in [-0.2, 0) is 9.53 Å². The van der Waals surface area contributed by atoms with Crippen molar-refractivity contribution in [2.75, 3.05) is 6.61 Å². The van der Waals surface area contributed by atoms with E-state index in [0.717, 1.165) is 5.69 Å². The van der Waals surface area contributed by atoms with Gasteiger partial charge in [-0.3, -0.25) is 4.79 Å². The summed E-state index contributed by atoms with van der Waals surface area (Å²) >= 11 is 0. The fourth-order valence-corrected chi connectivity index (χ4v) is 2.43. The third-order valence-corrected chi connectivity index (χ3v) is 3.37. The number of aliphatic carboxylic acids is 1. The Kier molecular flexibility index (Phi) is 3.05. The first kappa shape index (κ1) is 11.9. The van der Waals surface area contributed by atoms with E-state index in [1.54, 1.807) is 6.20 Å². The van der Waals surface area contributed by atoms with Crippen LogP contribution in [-0.4, -0.2) is 27.2 Å². The van der Waals surface area contributed by atoms with Gasteiger partial charge in [0.25, 0.3) is 0 Å². The van der Waals surface area contributed by atoms with E-state index < -0.39 is 18.0 Å².